The van der Waals surface area contributed by atoms with Crippen molar-refractivity contribution >= 4 is 5.78 Å². The summed E-state index contributed by atoms with van der Waals surface area (Å²) >= 11 is 0. The zero-order valence-corrected chi connectivity index (χ0v) is 14.3. The van der Waals surface area contributed by atoms with Crippen molar-refractivity contribution in [3.05, 3.63) is 71.3 Å². The fraction of sp³-hybridized carbons (Fsp3) is 0.350. The number of rotatable bonds is 4. The number of carbonyl (C=O) groups is 1. The van der Waals surface area contributed by atoms with Crippen molar-refractivity contribution in [2.45, 2.75) is 6.54 Å². The molecule has 4 aliphatic heterocycles. The van der Waals surface area contributed by atoms with Gasteiger partial charge < -0.3 is 0 Å². The van der Waals surface area contributed by atoms with Crippen LogP contribution in [0, 0.1) is 0 Å². The summed E-state index contributed by atoms with van der Waals surface area (Å²) in [6.07, 6.45) is 0. The Balaban J connectivity index is 1.34. The summed E-state index contributed by atoms with van der Waals surface area (Å²) < 4.78 is 1.09. The number of carbonyl (C=O) groups excluding carboxylic acids is 1. The molecule has 4 heterocycles. The van der Waals surface area contributed by atoms with E-state index < -0.39 is 0 Å². The van der Waals surface area contributed by atoms with Gasteiger partial charge in [-0.1, -0.05) is 54.6 Å². The lowest BCUT2D eigenvalue weighted by molar-refractivity contribution is -0.991. The Morgan fingerprint density at radius 1 is 0.760 bits per heavy atom. The normalized spacial score (nSPS) is 32.7. The third-order valence-corrected chi connectivity index (χ3v) is 5.47. The lowest BCUT2D eigenvalue weighted by Crippen LogP contribution is -2.78. The minimum Gasteiger partial charge on any atom is -0.289 e. The smallest absolute Gasteiger partial charge is 0.193 e. The predicted molar refractivity (Wildman–Crippen MR) is 95.0 cm³/mol. The van der Waals surface area contributed by atoms with E-state index in [1.165, 1.54) is 5.56 Å². The van der Waals surface area contributed by atoms with Gasteiger partial charge in [0.05, 0.1) is 20.0 Å². The summed E-state index contributed by atoms with van der Waals surface area (Å²) in [4.78, 5) is 20.1. The Kier molecular flexibility index (Phi) is 3.50. The van der Waals surface area contributed by atoms with E-state index in [1.807, 2.05) is 42.5 Å². The minimum absolute atomic E-state index is 0.0970. The molecular weight excluding hydrogens is 312 g/mol. The standard InChI is InChI=1S/C20H23N4O/c25-20(18-4-2-1-3-5-18)19-8-6-17(7-9-19)10-24-14-21-11-22(15-24)13-23(12-21)16-24/h1-9H,10-16H2/q+1. The van der Waals surface area contributed by atoms with Crippen LogP contribution in [0.1, 0.15) is 21.5 Å². The van der Waals surface area contributed by atoms with Crippen LogP contribution in [-0.2, 0) is 6.54 Å². The van der Waals surface area contributed by atoms with E-state index in [2.05, 4.69) is 26.8 Å². The molecule has 0 unspecified atom stereocenters. The SMILES string of the molecule is O=C(c1ccccc1)c1ccc(C[N+]23CN4CN(CN(C4)C2)C3)cc1. The highest BCUT2D eigenvalue weighted by Crippen LogP contribution is 2.30. The number of hydrogen-bond donors (Lipinski definition) is 0. The monoisotopic (exact) mass is 335 g/mol. The fourth-order valence-electron chi connectivity index (χ4n) is 4.71. The molecule has 0 radical (unpaired) electrons. The quantitative estimate of drug-likeness (QED) is 0.630. The summed E-state index contributed by atoms with van der Waals surface area (Å²) in [7, 11) is 0. The van der Waals surface area contributed by atoms with E-state index in [0.717, 1.165) is 62.2 Å². The summed E-state index contributed by atoms with van der Waals surface area (Å²) in [5.74, 6) is 0.0970. The van der Waals surface area contributed by atoms with Crippen molar-refractivity contribution in [2.24, 2.45) is 0 Å². The van der Waals surface area contributed by atoms with E-state index in [4.69, 9.17) is 0 Å². The fourth-order valence-corrected chi connectivity index (χ4v) is 4.71. The zero-order valence-electron chi connectivity index (χ0n) is 14.3. The van der Waals surface area contributed by atoms with Crippen LogP contribution in [0.15, 0.2) is 54.6 Å². The molecule has 4 aliphatic rings. The first-order valence-corrected chi connectivity index (χ1v) is 8.90. The molecule has 4 fully saturated rings. The second kappa shape index (κ2) is 5.75. The van der Waals surface area contributed by atoms with E-state index in [1.54, 1.807) is 0 Å². The van der Waals surface area contributed by atoms with E-state index in [0.29, 0.717) is 0 Å². The second-order valence-electron chi connectivity index (χ2n) is 7.75. The molecule has 0 spiro atoms. The van der Waals surface area contributed by atoms with Crippen molar-refractivity contribution in [3.8, 4) is 0 Å². The Labute approximate surface area is 148 Å². The van der Waals surface area contributed by atoms with Gasteiger partial charge in [0.25, 0.3) is 0 Å². The first kappa shape index (κ1) is 15.2. The highest BCUT2D eigenvalue weighted by molar-refractivity contribution is 6.08. The number of quaternary nitrogens is 1. The molecule has 0 amide bonds. The summed E-state index contributed by atoms with van der Waals surface area (Å²) in [5, 5.41) is 0. The van der Waals surface area contributed by atoms with Crippen molar-refractivity contribution in [3.63, 3.8) is 0 Å². The van der Waals surface area contributed by atoms with Crippen LogP contribution in [0.5, 0.6) is 0 Å². The largest absolute Gasteiger partial charge is 0.289 e. The maximum Gasteiger partial charge on any atom is 0.193 e. The van der Waals surface area contributed by atoms with Crippen LogP contribution in [-0.4, -0.2) is 65.0 Å². The van der Waals surface area contributed by atoms with Gasteiger partial charge in [-0.05, 0) is 0 Å². The number of nitrogens with zero attached hydrogens (tertiary/aromatic N) is 4. The van der Waals surface area contributed by atoms with E-state index in [-0.39, 0.29) is 5.78 Å². The third kappa shape index (κ3) is 2.79. The Hall–Kier alpha value is -2.05. The first-order valence-electron chi connectivity index (χ1n) is 8.90. The van der Waals surface area contributed by atoms with Gasteiger partial charge in [-0.2, -0.15) is 0 Å². The molecule has 0 atom stereocenters. The van der Waals surface area contributed by atoms with Crippen molar-refractivity contribution in [1.29, 1.82) is 0 Å². The molecule has 5 heteroatoms. The van der Waals surface area contributed by atoms with Gasteiger partial charge in [0.1, 0.15) is 26.6 Å². The van der Waals surface area contributed by atoms with Crippen molar-refractivity contribution < 1.29 is 9.28 Å². The third-order valence-electron chi connectivity index (χ3n) is 5.47. The molecule has 0 saturated carbocycles. The van der Waals surface area contributed by atoms with Crippen LogP contribution in [0.25, 0.3) is 0 Å². The maximum absolute atomic E-state index is 12.5. The van der Waals surface area contributed by atoms with E-state index >= 15 is 0 Å². The summed E-state index contributed by atoms with van der Waals surface area (Å²) in [5.41, 5.74) is 2.83. The molecule has 0 N–H and O–H groups in total. The summed E-state index contributed by atoms with van der Waals surface area (Å²) in [6.45, 7) is 7.78. The van der Waals surface area contributed by atoms with E-state index in [9.17, 15) is 4.79 Å². The van der Waals surface area contributed by atoms with Crippen LogP contribution in [0.4, 0.5) is 0 Å². The maximum atomic E-state index is 12.5. The van der Waals surface area contributed by atoms with Gasteiger partial charge in [0.2, 0.25) is 0 Å². The van der Waals surface area contributed by atoms with Crippen LogP contribution < -0.4 is 0 Å². The summed E-state index contributed by atoms with van der Waals surface area (Å²) in [6, 6.07) is 17.7. The zero-order chi connectivity index (χ0) is 16.9. The Bertz CT molecular complexity index is 752. The van der Waals surface area contributed by atoms with Crippen molar-refractivity contribution in [1.82, 2.24) is 14.7 Å². The predicted octanol–water partition coefficient (Wildman–Crippen LogP) is 1.93. The van der Waals surface area contributed by atoms with Gasteiger partial charge in [-0.25, -0.2) is 14.7 Å². The lowest BCUT2D eigenvalue weighted by atomic mass is 10.0. The van der Waals surface area contributed by atoms with Gasteiger partial charge in [0.15, 0.2) is 5.78 Å². The molecule has 25 heavy (non-hydrogen) atoms. The number of benzene rings is 2. The molecule has 128 valence electrons. The molecule has 0 aliphatic carbocycles. The van der Waals surface area contributed by atoms with Gasteiger partial charge in [0, 0.05) is 16.7 Å². The molecule has 0 aromatic heterocycles. The van der Waals surface area contributed by atoms with Gasteiger partial charge in [-0.15, -0.1) is 0 Å². The molecule has 2 aromatic rings. The first-order chi connectivity index (χ1) is 12.2. The molecule has 2 aromatic carbocycles. The van der Waals surface area contributed by atoms with Gasteiger partial charge in [-0.3, -0.25) is 9.28 Å². The van der Waals surface area contributed by atoms with Crippen LogP contribution in [0.2, 0.25) is 0 Å². The molecule has 4 bridgehead atoms. The highest BCUT2D eigenvalue weighted by atomic mass is 16.1. The second-order valence-corrected chi connectivity index (χ2v) is 7.75. The molecular formula is C20H23N4O+. The molecule has 5 nitrogen and oxygen atoms in total. The number of ketones is 1. The Morgan fingerprint density at radius 2 is 1.28 bits per heavy atom. The van der Waals surface area contributed by atoms with Crippen LogP contribution in [0.3, 0.4) is 0 Å². The molecule has 6 rings (SSSR count). The molecule has 4 saturated heterocycles. The van der Waals surface area contributed by atoms with Crippen molar-refractivity contribution in [2.75, 3.05) is 40.0 Å². The van der Waals surface area contributed by atoms with Crippen LogP contribution >= 0.6 is 0 Å². The topological polar surface area (TPSA) is 26.8 Å². The average molecular weight is 335 g/mol. The number of hydrogen-bond acceptors (Lipinski definition) is 4. The highest BCUT2D eigenvalue weighted by Gasteiger charge is 2.48. The van der Waals surface area contributed by atoms with Gasteiger partial charge >= 0.3 is 0 Å². The Morgan fingerprint density at radius 3 is 1.84 bits per heavy atom. The lowest BCUT2D eigenvalue weighted by Gasteiger charge is -2.60. The average Bonchev–Trinajstić information content (AvgIpc) is 2.61. The minimum atomic E-state index is 0.0970.